The summed E-state index contributed by atoms with van der Waals surface area (Å²) in [6, 6.07) is 8.56. The zero-order chi connectivity index (χ0) is 20.0. The number of carbonyl (C=O) groups excluding carboxylic acids is 1. The molecule has 144 valence electrons. The van der Waals surface area contributed by atoms with Crippen LogP contribution in [0, 0.1) is 11.6 Å². The molecule has 0 spiro atoms. The van der Waals surface area contributed by atoms with E-state index in [0.29, 0.717) is 18.7 Å². The van der Waals surface area contributed by atoms with Gasteiger partial charge in [0.05, 0.1) is 17.0 Å². The molecule has 1 unspecified atom stereocenters. The Hall–Kier alpha value is -3.06. The van der Waals surface area contributed by atoms with Crippen LogP contribution in [0.2, 0.25) is 0 Å². The minimum Gasteiger partial charge on any atom is -0.450 e. The van der Waals surface area contributed by atoms with Crippen molar-refractivity contribution < 1.29 is 18.0 Å². The van der Waals surface area contributed by atoms with E-state index in [1.54, 1.807) is 12.1 Å². The van der Waals surface area contributed by atoms with Gasteiger partial charge in [0.15, 0.2) is 5.43 Å². The smallest absolute Gasteiger partial charge is 0.290 e. The summed E-state index contributed by atoms with van der Waals surface area (Å²) < 4.78 is 32.8. The number of halogens is 2. The third-order valence-electron chi connectivity index (χ3n) is 4.90. The summed E-state index contributed by atoms with van der Waals surface area (Å²) in [7, 11) is 3.75. The number of nitrogens with zero attached hydrogens (tertiary/aromatic N) is 2. The molecule has 0 saturated heterocycles. The van der Waals surface area contributed by atoms with Crippen LogP contribution >= 0.6 is 0 Å². The van der Waals surface area contributed by atoms with Gasteiger partial charge in [-0.25, -0.2) is 8.78 Å². The molecule has 1 aromatic heterocycles. The lowest BCUT2D eigenvalue weighted by Gasteiger charge is -2.26. The first-order valence-electron chi connectivity index (χ1n) is 8.84. The van der Waals surface area contributed by atoms with Crippen LogP contribution < -0.4 is 5.43 Å². The molecule has 0 saturated carbocycles. The number of likely N-dealkylation sites (N-methyl/N-ethyl adjacent to an activating group) is 1. The van der Waals surface area contributed by atoms with E-state index in [-0.39, 0.29) is 22.3 Å². The molecule has 2 heterocycles. The number of benzene rings is 2. The second-order valence-corrected chi connectivity index (χ2v) is 7.07. The zero-order valence-corrected chi connectivity index (χ0v) is 15.4. The van der Waals surface area contributed by atoms with Crippen molar-refractivity contribution in [2.45, 2.75) is 6.04 Å². The largest absolute Gasteiger partial charge is 0.450 e. The number of fused-ring (bicyclic) bond motifs is 2. The Labute approximate surface area is 159 Å². The van der Waals surface area contributed by atoms with Crippen LogP contribution in [0.5, 0.6) is 0 Å². The molecule has 0 fully saturated rings. The molecule has 1 aliphatic heterocycles. The fraction of sp³-hybridized carbons (Fsp3) is 0.238. The average molecular weight is 384 g/mol. The maximum absolute atomic E-state index is 13.7. The summed E-state index contributed by atoms with van der Waals surface area (Å²) in [5.74, 6) is -1.43. The van der Waals surface area contributed by atoms with Crippen LogP contribution in [0.3, 0.4) is 0 Å². The van der Waals surface area contributed by atoms with Crippen LogP contribution in [0.15, 0.2) is 51.7 Å². The van der Waals surface area contributed by atoms with Crippen molar-refractivity contribution in [3.05, 3.63) is 81.2 Å². The zero-order valence-electron chi connectivity index (χ0n) is 15.4. The highest BCUT2D eigenvalue weighted by atomic mass is 19.1. The maximum atomic E-state index is 13.7. The summed E-state index contributed by atoms with van der Waals surface area (Å²) in [5.41, 5.74) is 0.459. The standard InChI is InChI=1S/C21H18F2N2O3/c1-24(2)9-10-25-18(12-3-5-13(22)6-4-12)17-19(26)15-11-14(23)7-8-16(15)28-20(17)21(25)27/h3-8,11,18H,9-10H2,1-2H3. The van der Waals surface area contributed by atoms with E-state index in [2.05, 4.69) is 0 Å². The predicted molar refractivity (Wildman–Crippen MR) is 100 cm³/mol. The number of carbonyl (C=O) groups is 1. The van der Waals surface area contributed by atoms with Gasteiger partial charge in [-0.1, -0.05) is 12.1 Å². The molecule has 2 aromatic carbocycles. The van der Waals surface area contributed by atoms with Gasteiger partial charge in [0, 0.05) is 13.1 Å². The Balaban J connectivity index is 1.94. The van der Waals surface area contributed by atoms with Crippen molar-refractivity contribution >= 4 is 16.9 Å². The SMILES string of the molecule is CN(C)CCN1C(=O)c2oc3ccc(F)cc3c(=O)c2C1c1ccc(F)cc1. The summed E-state index contributed by atoms with van der Waals surface area (Å²) in [4.78, 5) is 29.7. The van der Waals surface area contributed by atoms with Gasteiger partial charge in [-0.2, -0.15) is 0 Å². The summed E-state index contributed by atoms with van der Waals surface area (Å²) in [5, 5.41) is 0.0770. The maximum Gasteiger partial charge on any atom is 0.290 e. The molecule has 0 N–H and O–H groups in total. The summed E-state index contributed by atoms with van der Waals surface area (Å²) in [6.07, 6.45) is 0. The fourth-order valence-corrected chi connectivity index (χ4v) is 3.52. The van der Waals surface area contributed by atoms with E-state index in [1.165, 1.54) is 29.2 Å². The highest BCUT2D eigenvalue weighted by Gasteiger charge is 2.42. The molecule has 28 heavy (non-hydrogen) atoms. The van der Waals surface area contributed by atoms with Crippen LogP contribution in [0.1, 0.15) is 27.7 Å². The Bertz CT molecular complexity index is 1120. The van der Waals surface area contributed by atoms with E-state index < -0.39 is 29.0 Å². The van der Waals surface area contributed by atoms with Crippen LogP contribution in [-0.2, 0) is 0 Å². The Morgan fingerprint density at radius 1 is 1.04 bits per heavy atom. The van der Waals surface area contributed by atoms with Crippen molar-refractivity contribution in [2.24, 2.45) is 0 Å². The lowest BCUT2D eigenvalue weighted by Crippen LogP contribution is -2.35. The summed E-state index contributed by atoms with van der Waals surface area (Å²) in [6.45, 7) is 0.919. The van der Waals surface area contributed by atoms with Gasteiger partial charge >= 0.3 is 0 Å². The fourth-order valence-electron chi connectivity index (χ4n) is 3.52. The molecule has 5 nitrogen and oxygen atoms in total. The van der Waals surface area contributed by atoms with Gasteiger partial charge in [-0.15, -0.1) is 0 Å². The summed E-state index contributed by atoms with van der Waals surface area (Å²) >= 11 is 0. The number of amides is 1. The van der Waals surface area contributed by atoms with Crippen molar-refractivity contribution in [1.82, 2.24) is 9.80 Å². The topological polar surface area (TPSA) is 53.8 Å². The molecule has 7 heteroatoms. The first kappa shape index (κ1) is 18.3. The van der Waals surface area contributed by atoms with Crippen molar-refractivity contribution in [3.63, 3.8) is 0 Å². The quantitative estimate of drug-likeness (QED) is 0.693. The molecule has 0 aliphatic carbocycles. The van der Waals surface area contributed by atoms with Crippen LogP contribution in [0.4, 0.5) is 8.78 Å². The lowest BCUT2D eigenvalue weighted by atomic mass is 9.98. The first-order valence-corrected chi connectivity index (χ1v) is 8.84. The third kappa shape index (κ3) is 2.97. The van der Waals surface area contributed by atoms with Gasteiger partial charge in [0.25, 0.3) is 5.91 Å². The van der Waals surface area contributed by atoms with E-state index in [0.717, 1.165) is 6.07 Å². The van der Waals surface area contributed by atoms with Gasteiger partial charge in [0.1, 0.15) is 17.2 Å². The van der Waals surface area contributed by atoms with E-state index in [1.807, 2.05) is 19.0 Å². The van der Waals surface area contributed by atoms with Crippen molar-refractivity contribution in [2.75, 3.05) is 27.2 Å². The molecule has 4 rings (SSSR count). The molecule has 0 bridgehead atoms. The minimum absolute atomic E-state index is 0.0443. The second kappa shape index (κ2) is 6.83. The van der Waals surface area contributed by atoms with E-state index >= 15 is 0 Å². The molecular formula is C21H18F2N2O3. The van der Waals surface area contributed by atoms with Gasteiger partial charge in [-0.3, -0.25) is 9.59 Å². The third-order valence-corrected chi connectivity index (χ3v) is 4.90. The van der Waals surface area contributed by atoms with Crippen molar-refractivity contribution in [1.29, 1.82) is 0 Å². The molecule has 1 aliphatic rings. The van der Waals surface area contributed by atoms with Gasteiger partial charge in [-0.05, 0) is 50.0 Å². The highest BCUT2D eigenvalue weighted by molar-refractivity contribution is 5.99. The number of hydrogen-bond donors (Lipinski definition) is 0. The van der Waals surface area contributed by atoms with Crippen LogP contribution in [-0.4, -0.2) is 42.9 Å². The minimum atomic E-state index is -0.716. The van der Waals surface area contributed by atoms with E-state index in [4.69, 9.17) is 4.42 Å². The van der Waals surface area contributed by atoms with Crippen molar-refractivity contribution in [3.8, 4) is 0 Å². The molecular weight excluding hydrogens is 366 g/mol. The lowest BCUT2D eigenvalue weighted by molar-refractivity contribution is 0.0716. The van der Waals surface area contributed by atoms with Crippen LogP contribution in [0.25, 0.3) is 11.0 Å². The van der Waals surface area contributed by atoms with E-state index in [9.17, 15) is 18.4 Å². The molecule has 1 atom stereocenters. The monoisotopic (exact) mass is 384 g/mol. The number of rotatable bonds is 4. The number of hydrogen-bond acceptors (Lipinski definition) is 4. The second-order valence-electron chi connectivity index (χ2n) is 7.07. The Morgan fingerprint density at radius 2 is 1.71 bits per heavy atom. The highest BCUT2D eigenvalue weighted by Crippen LogP contribution is 2.38. The molecule has 1 amide bonds. The average Bonchev–Trinajstić information content (AvgIpc) is 2.94. The van der Waals surface area contributed by atoms with Gasteiger partial charge in [0.2, 0.25) is 5.76 Å². The first-order chi connectivity index (χ1) is 13.4. The normalized spacial score (nSPS) is 16.2. The Kier molecular flexibility index (Phi) is 4.47. The Morgan fingerprint density at radius 3 is 2.39 bits per heavy atom. The predicted octanol–water partition coefficient (Wildman–Crippen LogP) is 3.18. The molecule has 3 aromatic rings. The molecule has 0 radical (unpaired) electrons. The van der Waals surface area contributed by atoms with Gasteiger partial charge < -0.3 is 14.2 Å².